The molecule has 0 radical (unpaired) electrons. The number of aromatic nitrogens is 3. The summed E-state index contributed by atoms with van der Waals surface area (Å²) >= 11 is 4.95. The Morgan fingerprint density at radius 2 is 2.29 bits per heavy atom. The average molecular weight is 408 g/mol. The first-order valence-corrected chi connectivity index (χ1v) is 9.49. The van der Waals surface area contributed by atoms with Gasteiger partial charge in [0.15, 0.2) is 10.8 Å². The first-order chi connectivity index (χ1) is 11.6. The molecule has 1 atom stereocenters. The lowest BCUT2D eigenvalue weighted by Gasteiger charge is -2.29. The largest absolute Gasteiger partial charge is 0.506 e. The van der Waals surface area contributed by atoms with Gasteiger partial charge in [-0.05, 0) is 44.6 Å². The van der Waals surface area contributed by atoms with Crippen LogP contribution in [0.3, 0.4) is 0 Å². The molecule has 0 unspecified atom stereocenters. The molecular weight excluding hydrogens is 390 g/mol. The number of halogens is 1. The van der Waals surface area contributed by atoms with Gasteiger partial charge in [-0.3, -0.25) is 0 Å². The number of likely N-dealkylation sites (tertiary alicyclic amines) is 1. The zero-order valence-corrected chi connectivity index (χ0v) is 15.6. The highest BCUT2D eigenvalue weighted by molar-refractivity contribution is 9.10. The number of rotatable bonds is 3. The van der Waals surface area contributed by atoms with Crippen molar-refractivity contribution in [2.24, 2.45) is 0 Å². The number of anilines is 1. The van der Waals surface area contributed by atoms with E-state index in [2.05, 4.69) is 43.3 Å². The Hall–Kier alpha value is -1.64. The third-order valence-corrected chi connectivity index (χ3v) is 5.62. The number of phenolic OH excluding ortho intramolecular Hbond substituents is 1. The van der Waals surface area contributed by atoms with Gasteiger partial charge in [-0.25, -0.2) is 4.68 Å². The predicted molar refractivity (Wildman–Crippen MR) is 100 cm³/mol. The number of hydrogen-bond acceptors (Lipinski definition) is 6. The van der Waals surface area contributed by atoms with Gasteiger partial charge < -0.3 is 15.3 Å². The Morgan fingerprint density at radius 3 is 3.04 bits per heavy atom. The number of benzene rings is 1. The Morgan fingerprint density at radius 1 is 1.42 bits per heavy atom. The molecule has 2 aromatic heterocycles. The Bertz CT molecular complexity index is 845. The molecule has 1 saturated heterocycles. The van der Waals surface area contributed by atoms with Gasteiger partial charge in [0.1, 0.15) is 11.4 Å². The maximum atomic E-state index is 10.1. The molecule has 6 nitrogen and oxygen atoms in total. The summed E-state index contributed by atoms with van der Waals surface area (Å²) in [4.78, 5) is 6.94. The fourth-order valence-corrected chi connectivity index (χ4v) is 4.30. The number of piperidine rings is 1. The van der Waals surface area contributed by atoms with Gasteiger partial charge in [-0.2, -0.15) is 4.98 Å². The van der Waals surface area contributed by atoms with Crippen molar-refractivity contribution in [1.82, 2.24) is 19.7 Å². The molecule has 3 aromatic rings. The lowest BCUT2D eigenvalue weighted by Crippen LogP contribution is -2.39. The number of aromatic hydroxyl groups is 1. The standard InChI is InChI=1S/C16H18BrN5OS/c1-21-6-2-3-11(8-21)18-16-19-15-14(24-16)9-22(20-15)12-5-4-10(17)7-13(12)23/h4-5,7,9,11,23H,2-3,6,8H2,1H3,(H,18,19,20)/t11-/m1/s1. The molecular formula is C16H18BrN5OS. The van der Waals surface area contributed by atoms with Crippen LogP contribution in [0.4, 0.5) is 5.13 Å². The lowest BCUT2D eigenvalue weighted by molar-refractivity contribution is 0.261. The van der Waals surface area contributed by atoms with Crippen LogP contribution in [0.5, 0.6) is 5.75 Å². The van der Waals surface area contributed by atoms with E-state index in [9.17, 15) is 5.11 Å². The molecule has 0 aliphatic carbocycles. The van der Waals surface area contributed by atoms with Gasteiger partial charge in [0.2, 0.25) is 0 Å². The number of phenols is 1. The monoisotopic (exact) mass is 407 g/mol. The van der Waals surface area contributed by atoms with Gasteiger partial charge in [-0.15, -0.1) is 5.10 Å². The highest BCUT2D eigenvalue weighted by Gasteiger charge is 2.19. The molecule has 2 N–H and O–H groups in total. The second-order valence-corrected chi connectivity index (χ2v) is 8.11. The van der Waals surface area contributed by atoms with Crippen LogP contribution in [-0.2, 0) is 0 Å². The number of hydrogen-bond donors (Lipinski definition) is 2. The minimum atomic E-state index is 0.183. The summed E-state index contributed by atoms with van der Waals surface area (Å²) in [6.07, 6.45) is 4.30. The van der Waals surface area contributed by atoms with Crippen molar-refractivity contribution in [2.75, 3.05) is 25.5 Å². The van der Waals surface area contributed by atoms with Gasteiger partial charge in [0.25, 0.3) is 0 Å². The van der Waals surface area contributed by atoms with Gasteiger partial charge in [-0.1, -0.05) is 27.3 Å². The topological polar surface area (TPSA) is 66.2 Å². The van der Waals surface area contributed by atoms with E-state index in [1.807, 2.05) is 18.3 Å². The fraction of sp³-hybridized carbons (Fsp3) is 0.375. The fourth-order valence-electron chi connectivity index (χ4n) is 3.06. The SMILES string of the molecule is CN1CCC[C@@H](Nc2nc3nn(-c4ccc(Br)cc4O)cc3s2)C1. The number of fused-ring (bicyclic) bond motifs is 1. The van der Waals surface area contributed by atoms with Crippen molar-refractivity contribution in [2.45, 2.75) is 18.9 Å². The summed E-state index contributed by atoms with van der Waals surface area (Å²) in [5.74, 6) is 0.183. The van der Waals surface area contributed by atoms with Crippen molar-refractivity contribution in [1.29, 1.82) is 0 Å². The lowest BCUT2D eigenvalue weighted by atomic mass is 10.1. The van der Waals surface area contributed by atoms with Crippen LogP contribution >= 0.6 is 27.3 Å². The summed E-state index contributed by atoms with van der Waals surface area (Å²) in [7, 11) is 2.15. The average Bonchev–Trinajstić information content (AvgIpc) is 3.05. The molecule has 1 aromatic carbocycles. The van der Waals surface area contributed by atoms with E-state index in [4.69, 9.17) is 0 Å². The van der Waals surface area contributed by atoms with Gasteiger partial charge in [0.05, 0.1) is 10.9 Å². The van der Waals surface area contributed by atoms with E-state index in [1.54, 1.807) is 22.1 Å². The summed E-state index contributed by atoms with van der Waals surface area (Å²) in [5, 5.41) is 19.0. The molecule has 0 amide bonds. The normalized spacial score (nSPS) is 19.0. The highest BCUT2D eigenvalue weighted by Crippen LogP contribution is 2.30. The van der Waals surface area contributed by atoms with Crippen LogP contribution in [0.15, 0.2) is 28.9 Å². The second-order valence-electron chi connectivity index (χ2n) is 6.16. The van der Waals surface area contributed by atoms with Gasteiger partial charge >= 0.3 is 0 Å². The summed E-state index contributed by atoms with van der Waals surface area (Å²) in [6.45, 7) is 2.21. The van der Waals surface area contributed by atoms with Crippen molar-refractivity contribution in [3.05, 3.63) is 28.9 Å². The molecule has 1 aliphatic rings. The van der Waals surface area contributed by atoms with Crippen molar-refractivity contribution in [3.8, 4) is 11.4 Å². The first-order valence-electron chi connectivity index (χ1n) is 7.89. The quantitative estimate of drug-likeness (QED) is 0.695. The molecule has 126 valence electrons. The zero-order chi connectivity index (χ0) is 16.7. The molecule has 0 bridgehead atoms. The van der Waals surface area contributed by atoms with E-state index in [1.165, 1.54) is 19.4 Å². The highest BCUT2D eigenvalue weighted by atomic mass is 79.9. The molecule has 1 aliphatic heterocycles. The maximum Gasteiger partial charge on any atom is 0.194 e. The van der Waals surface area contributed by atoms with E-state index < -0.39 is 0 Å². The Balaban J connectivity index is 1.56. The minimum Gasteiger partial charge on any atom is -0.506 e. The molecule has 8 heteroatoms. The maximum absolute atomic E-state index is 10.1. The number of thiazole rings is 1. The van der Waals surface area contributed by atoms with Crippen LogP contribution in [0, 0.1) is 0 Å². The predicted octanol–water partition coefficient (Wildman–Crippen LogP) is 3.46. The summed E-state index contributed by atoms with van der Waals surface area (Å²) in [5.41, 5.74) is 1.35. The Labute approximate surface area is 152 Å². The van der Waals surface area contributed by atoms with E-state index in [-0.39, 0.29) is 5.75 Å². The number of nitrogens with zero attached hydrogens (tertiary/aromatic N) is 4. The van der Waals surface area contributed by atoms with E-state index in [0.29, 0.717) is 17.4 Å². The molecule has 0 spiro atoms. The minimum absolute atomic E-state index is 0.183. The van der Waals surface area contributed by atoms with Crippen LogP contribution in [0.2, 0.25) is 0 Å². The van der Waals surface area contributed by atoms with Crippen molar-refractivity contribution < 1.29 is 5.11 Å². The summed E-state index contributed by atoms with van der Waals surface area (Å²) in [6, 6.07) is 5.81. The third kappa shape index (κ3) is 3.13. The van der Waals surface area contributed by atoms with E-state index >= 15 is 0 Å². The number of likely N-dealkylation sites (N-methyl/N-ethyl adjacent to an activating group) is 1. The molecule has 0 saturated carbocycles. The van der Waals surface area contributed by atoms with E-state index in [0.717, 1.165) is 20.8 Å². The molecule has 4 rings (SSSR count). The smallest absolute Gasteiger partial charge is 0.194 e. The first kappa shape index (κ1) is 15.9. The van der Waals surface area contributed by atoms with Gasteiger partial charge in [0, 0.05) is 17.1 Å². The third-order valence-electron chi connectivity index (χ3n) is 4.21. The van der Waals surface area contributed by atoms with Crippen LogP contribution in [0.25, 0.3) is 16.0 Å². The van der Waals surface area contributed by atoms with Crippen LogP contribution in [0.1, 0.15) is 12.8 Å². The second kappa shape index (κ2) is 6.34. The van der Waals surface area contributed by atoms with Crippen LogP contribution < -0.4 is 5.32 Å². The molecule has 3 heterocycles. The molecule has 1 fully saturated rings. The number of nitrogens with one attached hydrogen (secondary N) is 1. The van der Waals surface area contributed by atoms with Crippen molar-refractivity contribution in [3.63, 3.8) is 0 Å². The van der Waals surface area contributed by atoms with Crippen LogP contribution in [-0.4, -0.2) is 50.9 Å². The summed E-state index contributed by atoms with van der Waals surface area (Å²) < 4.78 is 3.51. The molecule has 24 heavy (non-hydrogen) atoms. The zero-order valence-electron chi connectivity index (χ0n) is 13.2. The van der Waals surface area contributed by atoms with Crippen molar-refractivity contribution >= 4 is 42.7 Å². The Kier molecular flexibility index (Phi) is 4.19.